The lowest BCUT2D eigenvalue weighted by Crippen LogP contribution is -2.15. The molecule has 0 amide bonds. The largest absolute Gasteiger partial charge is 0.380 e. The number of aromatic nitrogens is 1. The summed E-state index contributed by atoms with van der Waals surface area (Å²) in [6.45, 7) is 2.96. The van der Waals surface area contributed by atoms with Gasteiger partial charge in [0.25, 0.3) is 0 Å². The van der Waals surface area contributed by atoms with Crippen LogP contribution in [0.25, 0.3) is 5.70 Å². The van der Waals surface area contributed by atoms with Crippen molar-refractivity contribution in [2.45, 2.75) is 6.92 Å². The van der Waals surface area contributed by atoms with Gasteiger partial charge in [0, 0.05) is 12.7 Å². The van der Waals surface area contributed by atoms with Crippen LogP contribution in [-0.2, 0) is 0 Å². The molecular formula is C11H12N2. The summed E-state index contributed by atoms with van der Waals surface area (Å²) in [7, 11) is 0. The molecule has 1 N–H and O–H groups in total. The number of nitrogens with zero attached hydrogens (tertiary/aromatic N) is 1. The predicted octanol–water partition coefficient (Wildman–Crippen LogP) is 1.89. The summed E-state index contributed by atoms with van der Waals surface area (Å²) in [5.41, 5.74) is 3.36. The van der Waals surface area contributed by atoms with Gasteiger partial charge in [0.05, 0.1) is 11.4 Å². The van der Waals surface area contributed by atoms with E-state index in [0.29, 0.717) is 0 Å². The minimum Gasteiger partial charge on any atom is -0.380 e. The first-order valence-electron chi connectivity index (χ1n) is 4.40. The van der Waals surface area contributed by atoms with Crippen molar-refractivity contribution in [1.82, 2.24) is 10.3 Å². The molecule has 0 aromatic carbocycles. The van der Waals surface area contributed by atoms with Gasteiger partial charge in [-0.2, -0.15) is 0 Å². The summed E-state index contributed by atoms with van der Waals surface area (Å²) in [6.07, 6.45) is 8.02. The molecule has 0 spiro atoms. The van der Waals surface area contributed by atoms with Gasteiger partial charge in [-0.1, -0.05) is 12.2 Å². The van der Waals surface area contributed by atoms with Crippen LogP contribution in [0.1, 0.15) is 11.3 Å². The van der Waals surface area contributed by atoms with Gasteiger partial charge in [0.2, 0.25) is 0 Å². The van der Waals surface area contributed by atoms with Gasteiger partial charge in [-0.05, 0) is 30.7 Å². The van der Waals surface area contributed by atoms with E-state index in [0.717, 1.165) is 17.9 Å². The predicted molar refractivity (Wildman–Crippen MR) is 54.1 cm³/mol. The van der Waals surface area contributed by atoms with Crippen molar-refractivity contribution in [1.29, 1.82) is 0 Å². The van der Waals surface area contributed by atoms with Gasteiger partial charge < -0.3 is 5.32 Å². The fourth-order valence-electron chi connectivity index (χ4n) is 1.32. The molecular weight excluding hydrogens is 160 g/mol. The van der Waals surface area contributed by atoms with Crippen molar-refractivity contribution in [2.24, 2.45) is 0 Å². The summed E-state index contributed by atoms with van der Waals surface area (Å²) in [5, 5.41) is 3.27. The molecule has 1 aliphatic heterocycles. The number of allylic oxidation sites excluding steroid dienone is 2. The van der Waals surface area contributed by atoms with E-state index in [9.17, 15) is 0 Å². The smallest absolute Gasteiger partial charge is 0.0863 e. The van der Waals surface area contributed by atoms with Crippen LogP contribution in [0.2, 0.25) is 0 Å². The van der Waals surface area contributed by atoms with E-state index in [1.165, 1.54) is 5.56 Å². The van der Waals surface area contributed by atoms with Crippen LogP contribution in [-0.4, -0.2) is 11.5 Å². The second-order valence-corrected chi connectivity index (χ2v) is 3.11. The maximum atomic E-state index is 4.30. The van der Waals surface area contributed by atoms with E-state index in [2.05, 4.69) is 35.4 Å². The summed E-state index contributed by atoms with van der Waals surface area (Å²) < 4.78 is 0. The number of hydrogen-bond acceptors (Lipinski definition) is 2. The Morgan fingerprint density at radius 2 is 2.38 bits per heavy atom. The Kier molecular flexibility index (Phi) is 2.13. The Labute approximate surface area is 78.0 Å². The van der Waals surface area contributed by atoms with Crippen LogP contribution in [0.5, 0.6) is 0 Å². The Morgan fingerprint density at radius 3 is 3.08 bits per heavy atom. The van der Waals surface area contributed by atoms with Crippen molar-refractivity contribution in [3.8, 4) is 0 Å². The third-order valence-electron chi connectivity index (χ3n) is 2.00. The lowest BCUT2D eigenvalue weighted by molar-refractivity contribution is 0.980. The van der Waals surface area contributed by atoms with Gasteiger partial charge in [0.1, 0.15) is 0 Å². The summed E-state index contributed by atoms with van der Waals surface area (Å²) in [4.78, 5) is 4.30. The van der Waals surface area contributed by atoms with Gasteiger partial charge in [-0.25, -0.2) is 0 Å². The fraction of sp³-hybridized carbons (Fsp3) is 0.182. The molecule has 0 atom stereocenters. The van der Waals surface area contributed by atoms with Crippen LogP contribution in [0, 0.1) is 6.92 Å². The number of pyridine rings is 1. The summed E-state index contributed by atoms with van der Waals surface area (Å²) in [5.74, 6) is 0. The molecule has 66 valence electrons. The molecule has 13 heavy (non-hydrogen) atoms. The van der Waals surface area contributed by atoms with Crippen molar-refractivity contribution in [3.05, 3.63) is 47.8 Å². The maximum absolute atomic E-state index is 4.30. The molecule has 0 radical (unpaired) electrons. The highest BCUT2D eigenvalue weighted by molar-refractivity contribution is 5.64. The molecule has 0 saturated heterocycles. The first-order valence-corrected chi connectivity index (χ1v) is 4.40. The molecule has 0 aliphatic carbocycles. The SMILES string of the molecule is Cc1ccnc(C2=CC=CCN2)c1. The molecule has 1 aromatic rings. The summed E-state index contributed by atoms with van der Waals surface area (Å²) in [6, 6.07) is 4.08. The van der Waals surface area contributed by atoms with E-state index in [1.807, 2.05) is 18.3 Å². The second-order valence-electron chi connectivity index (χ2n) is 3.11. The lowest BCUT2D eigenvalue weighted by Gasteiger charge is -2.11. The van der Waals surface area contributed by atoms with Crippen molar-refractivity contribution >= 4 is 5.70 Å². The molecule has 2 heterocycles. The highest BCUT2D eigenvalue weighted by Gasteiger charge is 2.02. The zero-order valence-electron chi connectivity index (χ0n) is 7.62. The molecule has 2 rings (SSSR count). The molecule has 2 nitrogen and oxygen atoms in total. The zero-order valence-corrected chi connectivity index (χ0v) is 7.62. The minimum atomic E-state index is 0.890. The van der Waals surface area contributed by atoms with E-state index < -0.39 is 0 Å². The highest BCUT2D eigenvalue weighted by atomic mass is 14.9. The quantitative estimate of drug-likeness (QED) is 0.699. The number of dihydropyridines is 1. The Bertz CT molecular complexity index is 364. The van der Waals surface area contributed by atoms with Crippen molar-refractivity contribution in [3.63, 3.8) is 0 Å². The standard InChI is InChI=1S/C11H12N2/c1-9-5-7-13-11(8-9)10-4-2-3-6-12-10/h2-5,7-8,12H,6H2,1H3. The van der Waals surface area contributed by atoms with Crippen molar-refractivity contribution < 1.29 is 0 Å². The van der Waals surface area contributed by atoms with Gasteiger partial charge in [-0.3, -0.25) is 4.98 Å². The zero-order chi connectivity index (χ0) is 9.10. The topological polar surface area (TPSA) is 24.9 Å². The second kappa shape index (κ2) is 3.44. The maximum Gasteiger partial charge on any atom is 0.0863 e. The molecule has 0 bridgehead atoms. The summed E-state index contributed by atoms with van der Waals surface area (Å²) >= 11 is 0. The van der Waals surface area contributed by atoms with Gasteiger partial charge >= 0.3 is 0 Å². The minimum absolute atomic E-state index is 0.890. The molecule has 1 aromatic heterocycles. The average molecular weight is 172 g/mol. The third kappa shape index (κ3) is 1.78. The van der Waals surface area contributed by atoms with E-state index in [-0.39, 0.29) is 0 Å². The van der Waals surface area contributed by atoms with Crippen molar-refractivity contribution in [2.75, 3.05) is 6.54 Å². The number of aryl methyl sites for hydroxylation is 1. The van der Waals surface area contributed by atoms with Gasteiger partial charge in [-0.15, -0.1) is 0 Å². The first kappa shape index (κ1) is 8.05. The monoisotopic (exact) mass is 172 g/mol. The third-order valence-corrected chi connectivity index (χ3v) is 2.00. The average Bonchev–Trinajstić information content (AvgIpc) is 2.19. The normalized spacial score (nSPS) is 15.0. The van der Waals surface area contributed by atoms with Crippen LogP contribution in [0.15, 0.2) is 36.6 Å². The van der Waals surface area contributed by atoms with Crippen LogP contribution in [0.3, 0.4) is 0 Å². The molecule has 0 unspecified atom stereocenters. The van der Waals surface area contributed by atoms with Gasteiger partial charge in [0.15, 0.2) is 0 Å². The van der Waals surface area contributed by atoms with Crippen LogP contribution < -0.4 is 5.32 Å². The van der Waals surface area contributed by atoms with Crippen LogP contribution >= 0.6 is 0 Å². The highest BCUT2D eigenvalue weighted by Crippen LogP contribution is 2.11. The number of rotatable bonds is 1. The van der Waals surface area contributed by atoms with E-state index in [1.54, 1.807) is 0 Å². The number of hydrogen-bond donors (Lipinski definition) is 1. The van der Waals surface area contributed by atoms with E-state index >= 15 is 0 Å². The fourth-order valence-corrected chi connectivity index (χ4v) is 1.32. The molecule has 2 heteroatoms. The number of nitrogens with one attached hydrogen (secondary N) is 1. The first-order chi connectivity index (χ1) is 6.36. The van der Waals surface area contributed by atoms with E-state index in [4.69, 9.17) is 0 Å². The molecule has 0 fully saturated rings. The Morgan fingerprint density at radius 1 is 1.46 bits per heavy atom. The lowest BCUT2D eigenvalue weighted by atomic mass is 10.2. The molecule has 0 saturated carbocycles. The molecule has 1 aliphatic rings. The Balaban J connectivity index is 2.34. The van der Waals surface area contributed by atoms with Crippen LogP contribution in [0.4, 0.5) is 0 Å². The Hall–Kier alpha value is -1.57.